The molecule has 1 aliphatic rings. The van der Waals surface area contributed by atoms with Crippen LogP contribution in [-0.4, -0.2) is 18.0 Å². The second kappa shape index (κ2) is 7.04. The average Bonchev–Trinajstić information content (AvgIpc) is 3.45. The molecule has 0 unspecified atom stereocenters. The number of rotatable bonds is 6. The van der Waals surface area contributed by atoms with Gasteiger partial charge in [-0.05, 0) is 36.5 Å². The van der Waals surface area contributed by atoms with E-state index < -0.39 is 0 Å². The van der Waals surface area contributed by atoms with Crippen molar-refractivity contribution >= 4 is 5.91 Å². The number of para-hydroxylation sites is 1. The second-order valence-electron chi connectivity index (χ2n) is 6.63. The monoisotopic (exact) mass is 324 g/mol. The lowest BCUT2D eigenvalue weighted by atomic mass is 9.99. The summed E-state index contributed by atoms with van der Waals surface area (Å²) in [5.74, 6) is 1.43. The van der Waals surface area contributed by atoms with Crippen LogP contribution in [0.5, 0.6) is 5.75 Å². The Morgan fingerprint density at radius 3 is 2.54 bits per heavy atom. The van der Waals surface area contributed by atoms with Crippen molar-refractivity contribution in [2.45, 2.75) is 38.6 Å². The van der Waals surface area contributed by atoms with Gasteiger partial charge in [-0.2, -0.15) is 0 Å². The molecule has 4 nitrogen and oxygen atoms in total. The van der Waals surface area contributed by atoms with Crippen molar-refractivity contribution in [3.05, 3.63) is 59.4 Å². The van der Waals surface area contributed by atoms with Crippen LogP contribution in [0.4, 0.5) is 0 Å². The van der Waals surface area contributed by atoms with Gasteiger partial charge < -0.3 is 10.1 Å². The molecule has 1 aromatic carbocycles. The van der Waals surface area contributed by atoms with E-state index in [1.807, 2.05) is 36.5 Å². The summed E-state index contributed by atoms with van der Waals surface area (Å²) in [6.45, 7) is 4.28. The molecule has 24 heavy (non-hydrogen) atoms. The van der Waals surface area contributed by atoms with Crippen molar-refractivity contribution < 1.29 is 9.53 Å². The number of methoxy groups -OCH3 is 1. The van der Waals surface area contributed by atoms with Crippen molar-refractivity contribution in [2.24, 2.45) is 5.92 Å². The molecule has 0 bridgehead atoms. The molecule has 2 aromatic rings. The summed E-state index contributed by atoms with van der Waals surface area (Å²) in [5.41, 5.74) is 2.95. The van der Waals surface area contributed by atoms with Gasteiger partial charge in [0.25, 0.3) is 0 Å². The Balaban J connectivity index is 1.96. The van der Waals surface area contributed by atoms with Crippen molar-refractivity contribution in [1.29, 1.82) is 0 Å². The van der Waals surface area contributed by atoms with Crippen LogP contribution >= 0.6 is 0 Å². The number of hydrogen-bond acceptors (Lipinski definition) is 3. The van der Waals surface area contributed by atoms with Gasteiger partial charge in [-0.3, -0.25) is 9.78 Å². The Kier molecular flexibility index (Phi) is 4.84. The van der Waals surface area contributed by atoms with Crippen LogP contribution in [0, 0.1) is 5.92 Å². The molecule has 1 heterocycles. The van der Waals surface area contributed by atoms with E-state index in [0.717, 1.165) is 29.8 Å². The molecule has 3 rings (SSSR count). The zero-order valence-electron chi connectivity index (χ0n) is 14.5. The smallest absolute Gasteiger partial charge is 0.223 e. The number of aromatic nitrogens is 1. The first-order valence-electron chi connectivity index (χ1n) is 8.49. The number of carbonyl (C=O) groups is 1. The highest BCUT2D eigenvalue weighted by Gasteiger charge is 2.32. The number of pyridine rings is 1. The van der Waals surface area contributed by atoms with Crippen molar-refractivity contribution in [1.82, 2.24) is 10.3 Å². The van der Waals surface area contributed by atoms with E-state index in [4.69, 9.17) is 4.74 Å². The standard InChI is InChI=1S/C20H24N2O2/c1-13(2)15-10-11-17(21-12-15)19(22-20(23)14-8-9-14)16-6-4-5-7-18(16)24-3/h4-7,10-14,19H,8-9H2,1-3H3,(H,22,23)/t19-/m0/s1. The van der Waals surface area contributed by atoms with Crippen LogP contribution < -0.4 is 10.1 Å². The molecular formula is C20H24N2O2. The fourth-order valence-electron chi connectivity index (χ4n) is 2.75. The third-order valence-corrected chi connectivity index (χ3v) is 4.46. The van der Waals surface area contributed by atoms with E-state index >= 15 is 0 Å². The Bertz CT molecular complexity index is 706. The second-order valence-corrected chi connectivity index (χ2v) is 6.63. The fraction of sp³-hybridized carbons (Fsp3) is 0.400. The van der Waals surface area contributed by atoms with E-state index in [-0.39, 0.29) is 17.9 Å². The van der Waals surface area contributed by atoms with Crippen LogP contribution in [0.1, 0.15) is 55.5 Å². The highest BCUT2D eigenvalue weighted by Crippen LogP contribution is 2.33. The number of carbonyl (C=O) groups excluding carboxylic acids is 1. The van der Waals surface area contributed by atoms with Crippen LogP contribution in [0.25, 0.3) is 0 Å². The van der Waals surface area contributed by atoms with Gasteiger partial charge in [0.05, 0.1) is 18.8 Å². The molecule has 1 atom stereocenters. The normalized spacial score (nSPS) is 15.2. The third-order valence-electron chi connectivity index (χ3n) is 4.46. The Labute approximate surface area is 143 Å². The minimum absolute atomic E-state index is 0.0978. The van der Waals surface area contributed by atoms with Gasteiger partial charge in [0.2, 0.25) is 5.91 Å². The minimum Gasteiger partial charge on any atom is -0.496 e. The van der Waals surface area contributed by atoms with E-state index in [1.54, 1.807) is 7.11 Å². The lowest BCUT2D eigenvalue weighted by Crippen LogP contribution is -2.31. The molecule has 4 heteroatoms. The van der Waals surface area contributed by atoms with Gasteiger partial charge in [-0.25, -0.2) is 0 Å². The topological polar surface area (TPSA) is 51.2 Å². The average molecular weight is 324 g/mol. The van der Waals surface area contributed by atoms with Gasteiger partial charge in [-0.1, -0.05) is 38.1 Å². The van der Waals surface area contributed by atoms with Crippen LogP contribution in [-0.2, 0) is 4.79 Å². The fourth-order valence-corrected chi connectivity index (χ4v) is 2.75. The first kappa shape index (κ1) is 16.5. The molecule has 1 saturated carbocycles. The van der Waals surface area contributed by atoms with Crippen LogP contribution in [0.2, 0.25) is 0 Å². The summed E-state index contributed by atoms with van der Waals surface area (Å²) in [5, 5.41) is 3.15. The molecule has 126 valence electrons. The number of amides is 1. The van der Waals surface area contributed by atoms with E-state index in [0.29, 0.717) is 5.92 Å². The zero-order chi connectivity index (χ0) is 17.1. The summed E-state index contributed by atoms with van der Waals surface area (Å²) < 4.78 is 5.49. The lowest BCUT2D eigenvalue weighted by Gasteiger charge is -2.21. The largest absolute Gasteiger partial charge is 0.496 e. The lowest BCUT2D eigenvalue weighted by molar-refractivity contribution is -0.122. The number of benzene rings is 1. The van der Waals surface area contributed by atoms with Gasteiger partial charge in [0, 0.05) is 17.7 Å². The summed E-state index contributed by atoms with van der Waals surface area (Å²) in [4.78, 5) is 17.0. The molecule has 1 amide bonds. The van der Waals surface area contributed by atoms with Gasteiger partial charge in [0.1, 0.15) is 5.75 Å². The molecule has 0 saturated heterocycles. The maximum absolute atomic E-state index is 12.4. The van der Waals surface area contributed by atoms with Crippen LogP contribution in [0.3, 0.4) is 0 Å². The maximum atomic E-state index is 12.4. The van der Waals surface area contributed by atoms with E-state index in [1.165, 1.54) is 5.56 Å². The SMILES string of the molecule is COc1ccccc1[C@H](NC(=O)C1CC1)c1ccc(C(C)C)cn1. The number of nitrogens with one attached hydrogen (secondary N) is 1. The summed E-state index contributed by atoms with van der Waals surface area (Å²) in [6.07, 6.45) is 3.85. The van der Waals surface area contributed by atoms with Crippen molar-refractivity contribution in [2.75, 3.05) is 7.11 Å². The molecule has 0 spiro atoms. The first-order valence-corrected chi connectivity index (χ1v) is 8.49. The summed E-state index contributed by atoms with van der Waals surface area (Å²) >= 11 is 0. The van der Waals surface area contributed by atoms with Gasteiger partial charge >= 0.3 is 0 Å². The quantitative estimate of drug-likeness (QED) is 0.878. The molecule has 0 aliphatic heterocycles. The molecule has 1 fully saturated rings. The number of ether oxygens (including phenoxy) is 1. The van der Waals surface area contributed by atoms with Crippen LogP contribution in [0.15, 0.2) is 42.6 Å². The Morgan fingerprint density at radius 1 is 1.21 bits per heavy atom. The highest BCUT2D eigenvalue weighted by atomic mass is 16.5. The predicted octanol–water partition coefficient (Wildman–Crippen LogP) is 3.83. The predicted molar refractivity (Wildman–Crippen MR) is 94.0 cm³/mol. The van der Waals surface area contributed by atoms with E-state index in [9.17, 15) is 4.79 Å². The first-order chi connectivity index (χ1) is 11.6. The number of hydrogen-bond donors (Lipinski definition) is 1. The van der Waals surface area contributed by atoms with Crippen molar-refractivity contribution in [3.8, 4) is 5.75 Å². The molecule has 0 radical (unpaired) electrons. The summed E-state index contributed by atoms with van der Waals surface area (Å²) in [7, 11) is 1.65. The molecule has 1 aromatic heterocycles. The summed E-state index contributed by atoms with van der Waals surface area (Å²) in [6, 6.07) is 11.6. The third kappa shape index (κ3) is 3.58. The number of nitrogens with zero attached hydrogens (tertiary/aromatic N) is 1. The minimum atomic E-state index is -0.296. The molecular weight excluding hydrogens is 300 g/mol. The van der Waals surface area contributed by atoms with Gasteiger partial charge in [0.15, 0.2) is 0 Å². The molecule has 1 N–H and O–H groups in total. The Morgan fingerprint density at radius 2 is 1.96 bits per heavy atom. The van der Waals surface area contributed by atoms with Crippen molar-refractivity contribution in [3.63, 3.8) is 0 Å². The van der Waals surface area contributed by atoms with Gasteiger partial charge in [-0.15, -0.1) is 0 Å². The Hall–Kier alpha value is -2.36. The zero-order valence-corrected chi connectivity index (χ0v) is 14.5. The molecule has 1 aliphatic carbocycles. The highest BCUT2D eigenvalue weighted by molar-refractivity contribution is 5.81. The maximum Gasteiger partial charge on any atom is 0.223 e. The van der Waals surface area contributed by atoms with E-state index in [2.05, 4.69) is 30.2 Å².